The van der Waals surface area contributed by atoms with Crippen molar-refractivity contribution in [1.82, 2.24) is 5.32 Å². The number of nitrogens with zero attached hydrogens (tertiary/aromatic N) is 1. The number of rotatable bonds is 5. The zero-order chi connectivity index (χ0) is 16.2. The Labute approximate surface area is 122 Å². The maximum Gasteiger partial charge on any atom is 0.326 e. The highest BCUT2D eigenvalue weighted by atomic mass is 16.4. The van der Waals surface area contributed by atoms with Crippen LogP contribution in [0.2, 0.25) is 0 Å². The average molecular weight is 293 g/mol. The smallest absolute Gasteiger partial charge is 0.326 e. The molecule has 1 aromatic rings. The van der Waals surface area contributed by atoms with E-state index in [2.05, 4.69) is 5.32 Å². The van der Waals surface area contributed by atoms with Gasteiger partial charge in [0.05, 0.1) is 6.42 Å². The Bertz CT molecular complexity index is 551. The molecule has 114 valence electrons. The Morgan fingerprint density at radius 1 is 1.24 bits per heavy atom. The third-order valence-corrected chi connectivity index (χ3v) is 2.90. The number of carbonyl (C=O) groups excluding carboxylic acids is 2. The van der Waals surface area contributed by atoms with Crippen molar-refractivity contribution in [3.63, 3.8) is 0 Å². The molecule has 7 nitrogen and oxygen atoms in total. The van der Waals surface area contributed by atoms with E-state index in [1.165, 1.54) is 11.9 Å². The lowest BCUT2D eigenvalue weighted by molar-refractivity contribution is -0.140. The van der Waals surface area contributed by atoms with Crippen LogP contribution in [-0.2, 0) is 9.59 Å². The maximum absolute atomic E-state index is 12.1. The number of primary amides is 1. The Morgan fingerprint density at radius 2 is 1.76 bits per heavy atom. The molecule has 0 heterocycles. The fourth-order valence-electron chi connectivity index (χ4n) is 1.91. The van der Waals surface area contributed by atoms with Crippen LogP contribution in [0.15, 0.2) is 18.2 Å². The third kappa shape index (κ3) is 4.79. The van der Waals surface area contributed by atoms with Gasteiger partial charge in [-0.1, -0.05) is 6.07 Å². The number of anilines is 1. The molecule has 0 aliphatic heterocycles. The first kappa shape index (κ1) is 16.5. The minimum atomic E-state index is -1.34. The average Bonchev–Trinajstić information content (AvgIpc) is 2.35. The fraction of sp³-hybridized carbons (Fsp3) is 0.357. The summed E-state index contributed by atoms with van der Waals surface area (Å²) in [5.41, 5.74) is 7.57. The number of hydrogen-bond donors (Lipinski definition) is 3. The highest BCUT2D eigenvalue weighted by Crippen LogP contribution is 2.17. The van der Waals surface area contributed by atoms with Gasteiger partial charge >= 0.3 is 12.0 Å². The van der Waals surface area contributed by atoms with E-state index in [1.54, 1.807) is 12.1 Å². The molecule has 0 saturated carbocycles. The monoisotopic (exact) mass is 293 g/mol. The molecule has 0 spiro atoms. The molecule has 1 aromatic carbocycles. The van der Waals surface area contributed by atoms with Crippen molar-refractivity contribution in [3.8, 4) is 0 Å². The largest absolute Gasteiger partial charge is 0.480 e. The van der Waals surface area contributed by atoms with Crippen molar-refractivity contribution in [1.29, 1.82) is 0 Å². The first-order valence-electron chi connectivity index (χ1n) is 6.34. The molecule has 0 aliphatic carbocycles. The second kappa shape index (κ2) is 6.74. The van der Waals surface area contributed by atoms with Crippen molar-refractivity contribution in [2.45, 2.75) is 26.3 Å². The Balaban J connectivity index is 2.86. The molecule has 21 heavy (non-hydrogen) atoms. The zero-order valence-electron chi connectivity index (χ0n) is 12.2. The van der Waals surface area contributed by atoms with Gasteiger partial charge in [-0.25, -0.2) is 9.59 Å². The molecule has 4 N–H and O–H groups in total. The van der Waals surface area contributed by atoms with E-state index in [0.717, 1.165) is 11.1 Å². The highest BCUT2D eigenvalue weighted by Gasteiger charge is 2.24. The van der Waals surface area contributed by atoms with E-state index in [0.29, 0.717) is 5.69 Å². The summed E-state index contributed by atoms with van der Waals surface area (Å²) in [6.45, 7) is 3.80. The van der Waals surface area contributed by atoms with Gasteiger partial charge in [-0.3, -0.25) is 9.69 Å². The third-order valence-electron chi connectivity index (χ3n) is 2.90. The summed E-state index contributed by atoms with van der Waals surface area (Å²) in [7, 11) is 1.52. The van der Waals surface area contributed by atoms with Crippen LogP contribution in [0.3, 0.4) is 0 Å². The highest BCUT2D eigenvalue weighted by molar-refractivity contribution is 5.95. The van der Waals surface area contributed by atoms with Gasteiger partial charge in [0.2, 0.25) is 5.91 Å². The number of urea groups is 1. The first-order chi connectivity index (χ1) is 9.70. The SMILES string of the molecule is Cc1cc(C)cc(N(C)C(=O)N[C@@H](CC(N)=O)C(=O)O)c1. The van der Waals surface area contributed by atoms with Crippen LogP contribution in [0, 0.1) is 13.8 Å². The minimum absolute atomic E-state index is 0.457. The van der Waals surface area contributed by atoms with Gasteiger partial charge in [-0.15, -0.1) is 0 Å². The number of carboxylic acids is 1. The second-order valence-electron chi connectivity index (χ2n) is 4.92. The fourth-order valence-corrected chi connectivity index (χ4v) is 1.91. The van der Waals surface area contributed by atoms with Crippen LogP contribution in [0.5, 0.6) is 0 Å². The normalized spacial score (nSPS) is 11.6. The van der Waals surface area contributed by atoms with E-state index in [9.17, 15) is 14.4 Å². The minimum Gasteiger partial charge on any atom is -0.480 e. The van der Waals surface area contributed by atoms with Crippen molar-refractivity contribution in [2.24, 2.45) is 5.73 Å². The number of aliphatic carboxylic acids is 1. The summed E-state index contributed by atoms with van der Waals surface area (Å²) in [5, 5.41) is 11.2. The lowest BCUT2D eigenvalue weighted by Gasteiger charge is -2.21. The van der Waals surface area contributed by atoms with Crippen LogP contribution >= 0.6 is 0 Å². The lowest BCUT2D eigenvalue weighted by atomic mass is 10.1. The van der Waals surface area contributed by atoms with Gasteiger partial charge in [0.1, 0.15) is 6.04 Å². The molecule has 0 radical (unpaired) electrons. The van der Waals surface area contributed by atoms with Crippen molar-refractivity contribution < 1.29 is 19.5 Å². The van der Waals surface area contributed by atoms with E-state index in [4.69, 9.17) is 10.8 Å². The summed E-state index contributed by atoms with van der Waals surface area (Å²) < 4.78 is 0. The van der Waals surface area contributed by atoms with E-state index >= 15 is 0 Å². The summed E-state index contributed by atoms with van der Waals surface area (Å²) in [6.07, 6.45) is -0.457. The number of benzene rings is 1. The molecule has 0 aliphatic rings. The molecular weight excluding hydrogens is 274 g/mol. The quantitative estimate of drug-likeness (QED) is 0.744. The van der Waals surface area contributed by atoms with Gasteiger partial charge in [-0.2, -0.15) is 0 Å². The van der Waals surface area contributed by atoms with Crippen LogP contribution in [0.1, 0.15) is 17.5 Å². The predicted molar refractivity (Wildman–Crippen MR) is 78.1 cm³/mol. The van der Waals surface area contributed by atoms with Crippen molar-refractivity contribution in [3.05, 3.63) is 29.3 Å². The Kier molecular flexibility index (Phi) is 5.29. The lowest BCUT2D eigenvalue weighted by Crippen LogP contribution is -2.48. The number of aryl methyl sites for hydroxylation is 2. The molecular formula is C14H19N3O4. The summed E-state index contributed by atoms with van der Waals surface area (Å²) in [6, 6.07) is 3.60. The Hall–Kier alpha value is -2.57. The number of nitrogens with two attached hydrogens (primary N) is 1. The summed E-state index contributed by atoms with van der Waals surface area (Å²) >= 11 is 0. The number of hydrogen-bond acceptors (Lipinski definition) is 3. The van der Waals surface area contributed by atoms with Gasteiger partial charge < -0.3 is 16.2 Å². The van der Waals surface area contributed by atoms with Gasteiger partial charge in [0.15, 0.2) is 0 Å². The molecule has 0 bridgehead atoms. The molecule has 0 saturated heterocycles. The summed E-state index contributed by atoms with van der Waals surface area (Å²) in [5.74, 6) is -2.10. The number of amides is 3. The predicted octanol–water partition coefficient (Wildman–Crippen LogP) is 0.778. The second-order valence-corrected chi connectivity index (χ2v) is 4.92. The van der Waals surface area contributed by atoms with E-state index in [-0.39, 0.29) is 0 Å². The van der Waals surface area contributed by atoms with Gasteiger partial charge in [-0.05, 0) is 37.1 Å². The first-order valence-corrected chi connectivity index (χ1v) is 6.34. The van der Waals surface area contributed by atoms with Crippen LogP contribution in [0.25, 0.3) is 0 Å². The molecule has 3 amide bonds. The molecule has 0 unspecified atom stereocenters. The van der Waals surface area contributed by atoms with Crippen LogP contribution in [-0.4, -0.2) is 36.1 Å². The molecule has 1 rings (SSSR count). The molecule has 7 heteroatoms. The number of carbonyl (C=O) groups is 3. The Morgan fingerprint density at radius 3 is 2.19 bits per heavy atom. The van der Waals surface area contributed by atoms with E-state index in [1.807, 2.05) is 19.9 Å². The summed E-state index contributed by atoms with van der Waals surface area (Å²) in [4.78, 5) is 35.2. The molecule has 1 atom stereocenters. The van der Waals surface area contributed by atoms with Crippen LogP contribution in [0.4, 0.5) is 10.5 Å². The molecule has 0 aromatic heterocycles. The van der Waals surface area contributed by atoms with Crippen molar-refractivity contribution >= 4 is 23.6 Å². The van der Waals surface area contributed by atoms with Crippen LogP contribution < -0.4 is 16.0 Å². The maximum atomic E-state index is 12.1. The number of nitrogens with one attached hydrogen (secondary N) is 1. The van der Waals surface area contributed by atoms with Gasteiger partial charge in [0.25, 0.3) is 0 Å². The van der Waals surface area contributed by atoms with Gasteiger partial charge in [0, 0.05) is 12.7 Å². The van der Waals surface area contributed by atoms with Crippen molar-refractivity contribution in [2.75, 3.05) is 11.9 Å². The zero-order valence-corrected chi connectivity index (χ0v) is 12.2. The molecule has 0 fully saturated rings. The van der Waals surface area contributed by atoms with E-state index < -0.39 is 30.4 Å². The standard InChI is InChI=1S/C14H19N3O4/c1-8-4-9(2)6-10(5-8)17(3)14(21)16-11(13(19)20)7-12(15)18/h4-6,11H,7H2,1-3H3,(H2,15,18)(H,16,21)(H,19,20)/t11-/m0/s1. The number of carboxylic acid groups (broad SMARTS) is 1. The topological polar surface area (TPSA) is 113 Å².